The van der Waals surface area contributed by atoms with Crippen LogP contribution < -0.4 is 10.2 Å². The zero-order valence-electron chi connectivity index (χ0n) is 24.7. The standard InChI is InChI=1S/C37H36N6O/c44-37-42(26-29-15-7-8-16-32(29)27-11-3-1-4-12-27)41-36(28-13-5-2-6-14-28)33-17-9-10-18-34(33)43(37)31-21-19-30(20-22-31)40-25-35-38-23-24-39-35/h1,3-4,7-12,15-24,28,40H,2,5-6,13-14,25-26H2,(H,38,39). The van der Waals surface area contributed by atoms with Crippen molar-refractivity contribution in [2.45, 2.75) is 45.2 Å². The van der Waals surface area contributed by atoms with E-state index in [2.05, 4.69) is 63.8 Å². The maximum absolute atomic E-state index is 14.7. The highest BCUT2D eigenvalue weighted by molar-refractivity contribution is 6.13. The number of para-hydroxylation sites is 1. The Morgan fingerprint density at radius 1 is 0.795 bits per heavy atom. The van der Waals surface area contributed by atoms with Crippen molar-refractivity contribution in [1.29, 1.82) is 0 Å². The molecule has 1 fully saturated rings. The summed E-state index contributed by atoms with van der Waals surface area (Å²) >= 11 is 0. The van der Waals surface area contributed by atoms with E-state index < -0.39 is 0 Å². The average molecular weight is 581 g/mol. The Labute approximate surface area is 258 Å². The van der Waals surface area contributed by atoms with Gasteiger partial charge in [0.25, 0.3) is 0 Å². The zero-order chi connectivity index (χ0) is 29.7. The Kier molecular flexibility index (Phi) is 7.91. The first-order chi connectivity index (χ1) is 21.7. The number of nitrogens with zero attached hydrogens (tertiary/aromatic N) is 4. The Morgan fingerprint density at radius 3 is 2.30 bits per heavy atom. The molecule has 44 heavy (non-hydrogen) atoms. The van der Waals surface area contributed by atoms with Crippen LogP contribution in [0, 0.1) is 5.92 Å². The van der Waals surface area contributed by atoms with Gasteiger partial charge in [-0.15, -0.1) is 0 Å². The molecular weight excluding hydrogens is 544 g/mol. The van der Waals surface area contributed by atoms with E-state index in [1.807, 2.05) is 65.7 Å². The molecule has 2 heterocycles. The van der Waals surface area contributed by atoms with Crippen LogP contribution in [0.2, 0.25) is 0 Å². The lowest BCUT2D eigenvalue weighted by molar-refractivity contribution is 0.207. The maximum Gasteiger partial charge on any atom is 0.349 e. The van der Waals surface area contributed by atoms with Gasteiger partial charge in [-0.2, -0.15) is 5.10 Å². The lowest BCUT2D eigenvalue weighted by Gasteiger charge is -2.27. The summed E-state index contributed by atoms with van der Waals surface area (Å²) in [6.45, 7) is 0.957. The SMILES string of the molecule is O=C1N(Cc2ccccc2-c2ccccc2)N=C(C2CCCCC2)c2ccccc2N1c1ccc(NCc2ncc[nH]2)cc1. The fourth-order valence-corrected chi connectivity index (χ4v) is 6.39. The zero-order valence-corrected chi connectivity index (χ0v) is 24.7. The quantitative estimate of drug-likeness (QED) is 0.193. The van der Waals surface area contributed by atoms with Gasteiger partial charge in [0.15, 0.2) is 0 Å². The number of imidazole rings is 1. The number of urea groups is 1. The third kappa shape index (κ3) is 5.73. The molecule has 7 rings (SSSR count). The molecule has 4 aromatic carbocycles. The monoisotopic (exact) mass is 580 g/mol. The first-order valence-corrected chi connectivity index (χ1v) is 15.5. The Hall–Kier alpha value is -5.17. The second-order valence-electron chi connectivity index (χ2n) is 11.5. The van der Waals surface area contributed by atoms with Crippen molar-refractivity contribution in [2.75, 3.05) is 10.2 Å². The van der Waals surface area contributed by atoms with E-state index in [1.165, 1.54) is 19.3 Å². The predicted octanol–water partition coefficient (Wildman–Crippen LogP) is 8.75. The summed E-state index contributed by atoms with van der Waals surface area (Å²) < 4.78 is 0. The van der Waals surface area contributed by atoms with Crippen molar-refractivity contribution in [3.63, 3.8) is 0 Å². The van der Waals surface area contributed by atoms with Gasteiger partial charge in [0, 0.05) is 29.6 Å². The van der Waals surface area contributed by atoms with E-state index in [0.29, 0.717) is 19.0 Å². The smallest absolute Gasteiger partial charge is 0.349 e. The highest BCUT2D eigenvalue weighted by atomic mass is 16.2. The van der Waals surface area contributed by atoms with Gasteiger partial charge < -0.3 is 10.3 Å². The van der Waals surface area contributed by atoms with Crippen LogP contribution in [-0.2, 0) is 13.1 Å². The molecule has 1 aromatic heterocycles. The molecule has 0 saturated heterocycles. The van der Waals surface area contributed by atoms with E-state index in [4.69, 9.17) is 5.10 Å². The maximum atomic E-state index is 14.7. The molecule has 0 bridgehead atoms. The van der Waals surface area contributed by atoms with Crippen molar-refractivity contribution in [2.24, 2.45) is 11.0 Å². The van der Waals surface area contributed by atoms with Crippen LogP contribution in [-0.4, -0.2) is 26.7 Å². The normalized spacial score (nSPS) is 15.5. The summed E-state index contributed by atoms with van der Waals surface area (Å²) in [6, 6.07) is 34.8. The highest BCUT2D eigenvalue weighted by Gasteiger charge is 2.34. The van der Waals surface area contributed by atoms with Gasteiger partial charge in [0.2, 0.25) is 0 Å². The number of fused-ring (bicyclic) bond motifs is 1. The number of hydrogen-bond donors (Lipinski definition) is 2. The topological polar surface area (TPSA) is 76.6 Å². The lowest BCUT2D eigenvalue weighted by atomic mass is 9.83. The molecule has 7 heteroatoms. The van der Waals surface area contributed by atoms with Crippen LogP contribution in [0.3, 0.4) is 0 Å². The van der Waals surface area contributed by atoms with Crippen molar-refractivity contribution in [3.05, 3.63) is 132 Å². The van der Waals surface area contributed by atoms with Crippen LogP contribution in [0.4, 0.5) is 21.9 Å². The number of carbonyl (C=O) groups excluding carboxylic acids is 1. The number of aromatic amines is 1. The van der Waals surface area contributed by atoms with E-state index >= 15 is 0 Å². The highest BCUT2D eigenvalue weighted by Crippen LogP contribution is 2.38. The van der Waals surface area contributed by atoms with Gasteiger partial charge in [0.05, 0.1) is 30.2 Å². The van der Waals surface area contributed by atoms with Crippen LogP contribution in [0.15, 0.2) is 121 Å². The summed E-state index contributed by atoms with van der Waals surface area (Å²) in [6.07, 6.45) is 9.37. The Morgan fingerprint density at radius 2 is 1.52 bits per heavy atom. The van der Waals surface area contributed by atoms with E-state index in [1.54, 1.807) is 11.2 Å². The number of nitrogens with one attached hydrogen (secondary N) is 2. The van der Waals surface area contributed by atoms with Gasteiger partial charge in [0.1, 0.15) is 5.82 Å². The molecule has 1 saturated carbocycles. The second kappa shape index (κ2) is 12.6. The molecule has 7 nitrogen and oxygen atoms in total. The third-order valence-electron chi connectivity index (χ3n) is 8.62. The summed E-state index contributed by atoms with van der Waals surface area (Å²) in [7, 11) is 0. The molecule has 1 aliphatic carbocycles. The van der Waals surface area contributed by atoms with Crippen molar-refractivity contribution in [1.82, 2.24) is 15.0 Å². The largest absolute Gasteiger partial charge is 0.378 e. The van der Waals surface area contributed by atoms with Crippen LogP contribution >= 0.6 is 0 Å². The van der Waals surface area contributed by atoms with Crippen LogP contribution in [0.5, 0.6) is 0 Å². The molecule has 0 radical (unpaired) electrons. The minimum Gasteiger partial charge on any atom is -0.378 e. The third-order valence-corrected chi connectivity index (χ3v) is 8.62. The summed E-state index contributed by atoms with van der Waals surface area (Å²) in [4.78, 5) is 23.9. The fraction of sp³-hybridized carbons (Fsp3) is 0.216. The van der Waals surface area contributed by atoms with Crippen LogP contribution in [0.1, 0.15) is 49.1 Å². The molecule has 1 aliphatic heterocycles. The molecule has 0 spiro atoms. The van der Waals surface area contributed by atoms with Crippen LogP contribution in [0.25, 0.3) is 11.1 Å². The van der Waals surface area contributed by atoms with Gasteiger partial charge in [-0.05, 0) is 59.9 Å². The molecule has 5 aromatic rings. The number of hydrazone groups is 1. The lowest BCUT2D eigenvalue weighted by Crippen LogP contribution is -2.37. The molecule has 2 N–H and O–H groups in total. The molecule has 0 unspecified atom stereocenters. The molecule has 2 amide bonds. The van der Waals surface area contributed by atoms with Crippen molar-refractivity contribution >= 4 is 28.8 Å². The molecule has 0 atom stereocenters. The van der Waals surface area contributed by atoms with E-state index in [9.17, 15) is 4.79 Å². The Bertz CT molecular complexity index is 1740. The Balaban J connectivity index is 1.28. The van der Waals surface area contributed by atoms with Gasteiger partial charge in [-0.1, -0.05) is 92.1 Å². The number of rotatable bonds is 8. The minimum absolute atomic E-state index is 0.164. The van der Waals surface area contributed by atoms with E-state index in [-0.39, 0.29) is 6.03 Å². The average Bonchev–Trinajstić information content (AvgIpc) is 3.58. The summed E-state index contributed by atoms with van der Waals surface area (Å²) in [5.41, 5.74) is 7.96. The van der Waals surface area contributed by atoms with Gasteiger partial charge >= 0.3 is 6.03 Å². The number of anilines is 3. The number of H-pyrrole nitrogens is 1. The van der Waals surface area contributed by atoms with Crippen molar-refractivity contribution in [3.8, 4) is 11.1 Å². The first kappa shape index (κ1) is 27.7. The predicted molar refractivity (Wildman–Crippen MR) is 177 cm³/mol. The minimum atomic E-state index is -0.164. The summed E-state index contributed by atoms with van der Waals surface area (Å²) in [5.74, 6) is 1.18. The number of carbonyl (C=O) groups is 1. The van der Waals surface area contributed by atoms with E-state index in [0.717, 1.165) is 63.7 Å². The second-order valence-corrected chi connectivity index (χ2v) is 11.5. The number of benzene rings is 4. The van der Waals surface area contributed by atoms with Gasteiger partial charge in [-0.3, -0.25) is 4.90 Å². The number of hydrogen-bond acceptors (Lipinski definition) is 4. The molecular formula is C37H36N6O. The molecule has 2 aliphatic rings. The fourth-order valence-electron chi connectivity index (χ4n) is 6.39. The number of amides is 2. The first-order valence-electron chi connectivity index (χ1n) is 15.5. The van der Waals surface area contributed by atoms with Crippen molar-refractivity contribution < 1.29 is 4.79 Å². The molecule has 220 valence electrons. The number of aromatic nitrogens is 2. The summed E-state index contributed by atoms with van der Waals surface area (Å²) in [5, 5.41) is 10.3. The van der Waals surface area contributed by atoms with Gasteiger partial charge in [-0.25, -0.2) is 14.8 Å².